The zero-order valence-corrected chi connectivity index (χ0v) is 15.9. The number of thiophene rings is 1. The van der Waals surface area contributed by atoms with E-state index in [1.807, 2.05) is 22.9 Å². The molecule has 1 atom stereocenters. The molecule has 132 valence electrons. The summed E-state index contributed by atoms with van der Waals surface area (Å²) in [5, 5.41) is 7.91. The van der Waals surface area contributed by atoms with Crippen LogP contribution in [-0.4, -0.2) is 23.3 Å². The number of halogens is 1. The summed E-state index contributed by atoms with van der Waals surface area (Å²) in [5.41, 5.74) is 1.61. The molecule has 0 bridgehead atoms. The van der Waals surface area contributed by atoms with Gasteiger partial charge in [-0.2, -0.15) is 0 Å². The molecule has 26 heavy (non-hydrogen) atoms. The second-order valence-electron chi connectivity index (χ2n) is 5.89. The highest BCUT2D eigenvalue weighted by Crippen LogP contribution is 2.30. The van der Waals surface area contributed by atoms with Crippen LogP contribution in [0.1, 0.15) is 6.42 Å². The van der Waals surface area contributed by atoms with E-state index in [9.17, 15) is 9.59 Å². The Hall–Kier alpha value is -2.22. The van der Waals surface area contributed by atoms with Crippen molar-refractivity contribution in [2.75, 3.05) is 16.8 Å². The van der Waals surface area contributed by atoms with E-state index < -0.39 is 5.92 Å². The average molecular weight is 404 g/mol. The Bertz CT molecular complexity index is 938. The summed E-state index contributed by atoms with van der Waals surface area (Å²) in [7, 11) is 0. The summed E-state index contributed by atoms with van der Waals surface area (Å²) in [6.45, 7) is 0.357. The van der Waals surface area contributed by atoms with Gasteiger partial charge in [-0.25, -0.2) is 4.98 Å². The molecule has 0 aliphatic carbocycles. The number of hydrogen-bond donors (Lipinski definition) is 1. The minimum absolute atomic E-state index is 0.0640. The van der Waals surface area contributed by atoms with Crippen LogP contribution < -0.4 is 10.2 Å². The number of rotatable bonds is 4. The number of benzene rings is 1. The Morgan fingerprint density at radius 1 is 1.23 bits per heavy atom. The van der Waals surface area contributed by atoms with Crippen molar-refractivity contribution in [1.82, 2.24) is 4.98 Å². The third-order valence-corrected chi connectivity index (χ3v) is 6.04. The molecule has 3 aromatic rings. The van der Waals surface area contributed by atoms with Crippen LogP contribution in [0, 0.1) is 5.92 Å². The predicted molar refractivity (Wildman–Crippen MR) is 106 cm³/mol. The van der Waals surface area contributed by atoms with Crippen molar-refractivity contribution in [2.45, 2.75) is 6.42 Å². The minimum atomic E-state index is -0.396. The fraction of sp³-hybridized carbons (Fsp3) is 0.167. The number of nitrogens with one attached hydrogen (secondary N) is 1. The summed E-state index contributed by atoms with van der Waals surface area (Å²) in [6.07, 6.45) is 0.192. The molecule has 1 unspecified atom stereocenters. The lowest BCUT2D eigenvalue weighted by atomic mass is 10.1. The van der Waals surface area contributed by atoms with E-state index in [0.717, 1.165) is 16.3 Å². The minimum Gasteiger partial charge on any atom is -0.312 e. The van der Waals surface area contributed by atoms with Crippen LogP contribution >= 0.6 is 34.3 Å². The molecule has 1 aliphatic heterocycles. The quantitative estimate of drug-likeness (QED) is 0.696. The zero-order chi connectivity index (χ0) is 18.1. The van der Waals surface area contributed by atoms with Gasteiger partial charge in [0.15, 0.2) is 5.13 Å². The number of aromatic nitrogens is 1. The molecule has 0 spiro atoms. The van der Waals surface area contributed by atoms with Crippen LogP contribution in [0.25, 0.3) is 10.6 Å². The second-order valence-corrected chi connectivity index (χ2v) is 8.13. The number of hydrogen-bond acceptors (Lipinski definition) is 5. The van der Waals surface area contributed by atoms with Crippen LogP contribution in [0.4, 0.5) is 10.8 Å². The SMILES string of the molecule is O=C(Nc1nc(-c2cccs2)cs1)C1CC(=O)N(c2ccc(Cl)cc2)C1. The molecule has 4 rings (SSSR count). The van der Waals surface area contributed by atoms with Crippen LogP contribution in [0.3, 0.4) is 0 Å². The van der Waals surface area contributed by atoms with Crippen LogP contribution in [0.5, 0.6) is 0 Å². The van der Waals surface area contributed by atoms with Gasteiger partial charge in [0.25, 0.3) is 0 Å². The van der Waals surface area contributed by atoms with E-state index >= 15 is 0 Å². The maximum absolute atomic E-state index is 12.5. The summed E-state index contributed by atoms with van der Waals surface area (Å²) in [6, 6.07) is 11.0. The number of carbonyl (C=O) groups is 2. The first-order valence-electron chi connectivity index (χ1n) is 7.96. The van der Waals surface area contributed by atoms with E-state index in [0.29, 0.717) is 16.7 Å². The Morgan fingerprint density at radius 2 is 2.04 bits per heavy atom. The number of carbonyl (C=O) groups excluding carboxylic acids is 2. The van der Waals surface area contributed by atoms with Gasteiger partial charge in [-0.1, -0.05) is 17.7 Å². The van der Waals surface area contributed by atoms with Gasteiger partial charge in [-0.05, 0) is 35.7 Å². The van der Waals surface area contributed by atoms with Crippen molar-refractivity contribution in [1.29, 1.82) is 0 Å². The third kappa shape index (κ3) is 3.51. The summed E-state index contributed by atoms with van der Waals surface area (Å²) in [5.74, 6) is -0.639. The van der Waals surface area contributed by atoms with Gasteiger partial charge in [0.2, 0.25) is 11.8 Å². The molecular formula is C18H14ClN3O2S2. The lowest BCUT2D eigenvalue weighted by Crippen LogP contribution is -2.28. The molecule has 1 N–H and O–H groups in total. The summed E-state index contributed by atoms with van der Waals surface area (Å²) in [4.78, 5) is 32.0. The Kier molecular flexibility index (Phi) is 4.76. The van der Waals surface area contributed by atoms with Crippen molar-refractivity contribution in [2.24, 2.45) is 5.92 Å². The monoisotopic (exact) mass is 403 g/mol. The van der Waals surface area contributed by atoms with Gasteiger partial charge >= 0.3 is 0 Å². The van der Waals surface area contributed by atoms with Gasteiger partial charge in [0.05, 0.1) is 16.5 Å². The first kappa shape index (κ1) is 17.2. The fourth-order valence-electron chi connectivity index (χ4n) is 2.83. The van der Waals surface area contributed by atoms with Crippen LogP contribution in [-0.2, 0) is 9.59 Å². The first-order valence-corrected chi connectivity index (χ1v) is 10.1. The van der Waals surface area contributed by atoms with Crippen molar-refractivity contribution in [3.05, 3.63) is 52.2 Å². The van der Waals surface area contributed by atoms with Crippen LogP contribution in [0.15, 0.2) is 47.2 Å². The topological polar surface area (TPSA) is 62.3 Å². The molecular weight excluding hydrogens is 390 g/mol. The number of nitrogens with zero attached hydrogens (tertiary/aromatic N) is 2. The lowest BCUT2D eigenvalue weighted by molar-refractivity contribution is -0.122. The maximum atomic E-state index is 12.5. The van der Waals surface area contributed by atoms with Crippen molar-refractivity contribution >= 4 is 56.9 Å². The molecule has 2 amide bonds. The fourth-order valence-corrected chi connectivity index (χ4v) is 4.43. The molecule has 3 heterocycles. The van der Waals surface area contributed by atoms with Gasteiger partial charge in [-0.15, -0.1) is 22.7 Å². The first-order chi connectivity index (χ1) is 12.6. The van der Waals surface area contributed by atoms with Crippen molar-refractivity contribution in [3.63, 3.8) is 0 Å². The standard InChI is InChI=1S/C18H14ClN3O2S2/c19-12-3-5-13(6-4-12)22-9-11(8-16(22)23)17(24)21-18-20-14(10-26-18)15-2-1-7-25-15/h1-7,10-11H,8-9H2,(H,20,21,24). The molecule has 5 nitrogen and oxygen atoms in total. The van der Waals surface area contributed by atoms with Gasteiger partial charge in [0, 0.05) is 29.1 Å². The number of anilines is 2. The highest BCUT2D eigenvalue weighted by atomic mass is 35.5. The van der Waals surface area contributed by atoms with Gasteiger partial charge in [0.1, 0.15) is 0 Å². The average Bonchev–Trinajstić information content (AvgIpc) is 3.36. The van der Waals surface area contributed by atoms with Crippen molar-refractivity contribution in [3.8, 4) is 10.6 Å². The second kappa shape index (κ2) is 7.19. The highest BCUT2D eigenvalue weighted by molar-refractivity contribution is 7.16. The molecule has 0 saturated carbocycles. The molecule has 0 radical (unpaired) electrons. The molecule has 1 fully saturated rings. The number of thiazole rings is 1. The van der Waals surface area contributed by atoms with E-state index in [4.69, 9.17) is 11.6 Å². The lowest BCUT2D eigenvalue weighted by Gasteiger charge is -2.16. The summed E-state index contributed by atoms with van der Waals surface area (Å²) < 4.78 is 0. The molecule has 2 aromatic heterocycles. The van der Waals surface area contributed by atoms with E-state index in [1.54, 1.807) is 40.5 Å². The molecule has 1 aliphatic rings. The Balaban J connectivity index is 1.43. The Morgan fingerprint density at radius 3 is 2.77 bits per heavy atom. The largest absolute Gasteiger partial charge is 0.312 e. The van der Waals surface area contributed by atoms with Crippen LogP contribution in [0.2, 0.25) is 5.02 Å². The maximum Gasteiger partial charge on any atom is 0.231 e. The van der Waals surface area contributed by atoms with E-state index in [1.165, 1.54) is 11.3 Å². The third-order valence-electron chi connectivity index (χ3n) is 4.14. The summed E-state index contributed by atoms with van der Waals surface area (Å²) >= 11 is 8.88. The molecule has 8 heteroatoms. The zero-order valence-electron chi connectivity index (χ0n) is 13.5. The number of amides is 2. The molecule has 1 aromatic carbocycles. The van der Waals surface area contributed by atoms with E-state index in [-0.39, 0.29) is 18.2 Å². The Labute approximate surface area is 163 Å². The normalized spacial score (nSPS) is 16.9. The smallest absolute Gasteiger partial charge is 0.231 e. The van der Waals surface area contributed by atoms with Gasteiger partial charge in [-0.3, -0.25) is 9.59 Å². The van der Waals surface area contributed by atoms with Gasteiger partial charge < -0.3 is 10.2 Å². The predicted octanol–water partition coefficient (Wildman–Crippen LogP) is 4.52. The molecule has 1 saturated heterocycles. The van der Waals surface area contributed by atoms with E-state index in [2.05, 4.69) is 10.3 Å². The van der Waals surface area contributed by atoms with Crippen molar-refractivity contribution < 1.29 is 9.59 Å². The highest BCUT2D eigenvalue weighted by Gasteiger charge is 2.35.